The second kappa shape index (κ2) is 5.68. The highest BCUT2D eigenvalue weighted by molar-refractivity contribution is 7.93. The number of aromatic nitrogens is 1. The maximum Gasteiger partial charge on any atom is 0.266 e. The van der Waals surface area contributed by atoms with Gasteiger partial charge in [0.1, 0.15) is 4.90 Å². The largest absolute Gasteiger partial charge is 0.398 e. The minimum atomic E-state index is -3.76. The number of anilines is 2. The first-order chi connectivity index (χ1) is 9.46. The monoisotopic (exact) mass is 311 g/mol. The average Bonchev–Trinajstić information content (AvgIpc) is 2.43. The number of pyridine rings is 1. The van der Waals surface area contributed by atoms with Crippen LogP contribution in [0.5, 0.6) is 0 Å². The van der Waals surface area contributed by atoms with Crippen molar-refractivity contribution in [2.45, 2.75) is 11.8 Å². The predicted octanol–water partition coefficient (Wildman–Crippen LogP) is 2.53. The zero-order valence-electron chi connectivity index (χ0n) is 10.8. The van der Waals surface area contributed by atoms with Gasteiger partial charge in [-0.25, -0.2) is 8.42 Å². The number of halogens is 1. The Labute approximate surface area is 123 Å². The Morgan fingerprint density at radius 3 is 2.50 bits per heavy atom. The number of rotatable bonds is 4. The fourth-order valence-corrected chi connectivity index (χ4v) is 3.71. The molecule has 1 heterocycles. The molecule has 7 heteroatoms. The third-order valence-electron chi connectivity index (χ3n) is 2.78. The Balaban J connectivity index is 2.56. The fraction of sp³-hybridized carbons (Fsp3) is 0.154. The van der Waals surface area contributed by atoms with Gasteiger partial charge in [0.15, 0.2) is 0 Å². The van der Waals surface area contributed by atoms with E-state index < -0.39 is 10.0 Å². The molecule has 2 rings (SSSR count). The quantitative estimate of drug-likeness (QED) is 0.880. The van der Waals surface area contributed by atoms with Crippen molar-refractivity contribution in [2.75, 3.05) is 16.6 Å². The third kappa shape index (κ3) is 2.71. The second-order valence-electron chi connectivity index (χ2n) is 4.06. The van der Waals surface area contributed by atoms with Crippen molar-refractivity contribution >= 4 is 33.0 Å². The summed E-state index contributed by atoms with van der Waals surface area (Å²) in [6.45, 7) is 2.02. The molecule has 0 bridgehead atoms. The lowest BCUT2D eigenvalue weighted by molar-refractivity contribution is 0.592. The van der Waals surface area contributed by atoms with Gasteiger partial charge in [-0.15, -0.1) is 0 Å². The van der Waals surface area contributed by atoms with Gasteiger partial charge in [0.25, 0.3) is 10.0 Å². The Hall–Kier alpha value is -1.79. The van der Waals surface area contributed by atoms with E-state index in [1.165, 1.54) is 28.8 Å². The number of hydrogen-bond donors (Lipinski definition) is 1. The van der Waals surface area contributed by atoms with Crippen LogP contribution in [-0.2, 0) is 10.0 Å². The topological polar surface area (TPSA) is 76.3 Å². The number of benzene rings is 1. The Morgan fingerprint density at radius 1 is 1.25 bits per heavy atom. The van der Waals surface area contributed by atoms with Gasteiger partial charge in [0, 0.05) is 24.0 Å². The molecule has 1 aromatic carbocycles. The van der Waals surface area contributed by atoms with Gasteiger partial charge in [0.2, 0.25) is 0 Å². The average molecular weight is 312 g/mol. The molecule has 0 saturated heterocycles. The van der Waals surface area contributed by atoms with Crippen LogP contribution in [0.3, 0.4) is 0 Å². The molecule has 20 heavy (non-hydrogen) atoms. The van der Waals surface area contributed by atoms with Crippen molar-refractivity contribution in [3.63, 3.8) is 0 Å². The van der Waals surface area contributed by atoms with Gasteiger partial charge in [-0.2, -0.15) is 0 Å². The molecule has 0 unspecified atom stereocenters. The first-order valence-corrected chi connectivity index (χ1v) is 7.76. The number of nitrogen functional groups attached to an aromatic ring is 1. The fourth-order valence-electron chi connectivity index (χ4n) is 1.85. The molecule has 0 atom stereocenters. The molecule has 5 nitrogen and oxygen atoms in total. The first kappa shape index (κ1) is 14.6. The van der Waals surface area contributed by atoms with E-state index in [4.69, 9.17) is 17.3 Å². The lowest BCUT2D eigenvalue weighted by atomic mass is 10.3. The van der Waals surface area contributed by atoms with Crippen LogP contribution in [-0.4, -0.2) is 19.9 Å². The highest BCUT2D eigenvalue weighted by Crippen LogP contribution is 2.28. The van der Waals surface area contributed by atoms with E-state index in [0.29, 0.717) is 10.7 Å². The summed E-state index contributed by atoms with van der Waals surface area (Å²) in [6, 6.07) is 7.65. The second-order valence-corrected chi connectivity index (χ2v) is 6.32. The minimum Gasteiger partial charge on any atom is -0.398 e. The van der Waals surface area contributed by atoms with E-state index >= 15 is 0 Å². The van der Waals surface area contributed by atoms with E-state index in [9.17, 15) is 8.42 Å². The van der Waals surface area contributed by atoms with E-state index in [2.05, 4.69) is 4.98 Å². The van der Waals surface area contributed by atoms with Gasteiger partial charge in [-0.3, -0.25) is 9.29 Å². The number of nitrogens with zero attached hydrogens (tertiary/aromatic N) is 2. The molecule has 0 aliphatic heterocycles. The zero-order valence-corrected chi connectivity index (χ0v) is 12.4. The van der Waals surface area contributed by atoms with Gasteiger partial charge >= 0.3 is 0 Å². The summed E-state index contributed by atoms with van der Waals surface area (Å²) in [5, 5.41) is 0.323. The SMILES string of the molecule is CCN(c1ccncc1)S(=O)(=O)c1cc(Cl)ccc1N. The van der Waals surface area contributed by atoms with Crippen molar-refractivity contribution in [1.29, 1.82) is 0 Å². The Bertz CT molecular complexity index is 705. The van der Waals surface area contributed by atoms with Crippen LogP contribution in [0.15, 0.2) is 47.6 Å². The lowest BCUT2D eigenvalue weighted by Crippen LogP contribution is -2.31. The van der Waals surface area contributed by atoms with Crippen molar-refractivity contribution in [1.82, 2.24) is 4.98 Å². The van der Waals surface area contributed by atoms with Crippen LogP contribution in [0.1, 0.15) is 6.92 Å². The predicted molar refractivity (Wildman–Crippen MR) is 80.3 cm³/mol. The summed E-state index contributed by atoms with van der Waals surface area (Å²) in [5.74, 6) is 0. The van der Waals surface area contributed by atoms with Crippen LogP contribution in [0, 0.1) is 0 Å². The van der Waals surface area contributed by atoms with Gasteiger partial charge in [-0.1, -0.05) is 11.6 Å². The van der Waals surface area contributed by atoms with Crippen LogP contribution in [0.2, 0.25) is 5.02 Å². The molecule has 106 valence electrons. The lowest BCUT2D eigenvalue weighted by Gasteiger charge is -2.23. The molecule has 0 amide bonds. The van der Waals surface area contributed by atoms with E-state index in [-0.39, 0.29) is 17.1 Å². The summed E-state index contributed by atoms with van der Waals surface area (Å²) in [4.78, 5) is 3.88. The maximum atomic E-state index is 12.7. The van der Waals surface area contributed by atoms with E-state index in [1.54, 1.807) is 25.1 Å². The van der Waals surface area contributed by atoms with Gasteiger partial charge in [-0.05, 0) is 37.3 Å². The first-order valence-electron chi connectivity index (χ1n) is 5.94. The summed E-state index contributed by atoms with van der Waals surface area (Å²) >= 11 is 5.87. The summed E-state index contributed by atoms with van der Waals surface area (Å²) in [7, 11) is -3.76. The molecule has 0 spiro atoms. The Kier molecular flexibility index (Phi) is 4.15. The molecule has 0 fully saturated rings. The van der Waals surface area contributed by atoms with Crippen LogP contribution in [0.25, 0.3) is 0 Å². The summed E-state index contributed by atoms with van der Waals surface area (Å²) in [6.07, 6.45) is 3.07. The molecule has 0 aliphatic carbocycles. The third-order valence-corrected chi connectivity index (χ3v) is 4.98. The van der Waals surface area contributed by atoms with Crippen LogP contribution in [0.4, 0.5) is 11.4 Å². The molecular weight excluding hydrogens is 298 g/mol. The normalized spacial score (nSPS) is 11.3. The standard InChI is InChI=1S/C13H14ClN3O2S/c1-2-17(11-5-7-16-8-6-11)20(18,19)13-9-10(14)3-4-12(13)15/h3-9H,2,15H2,1H3. The van der Waals surface area contributed by atoms with Gasteiger partial charge in [0.05, 0.1) is 11.4 Å². The van der Waals surface area contributed by atoms with E-state index in [1.807, 2.05) is 0 Å². The molecule has 2 aromatic rings. The molecule has 2 N–H and O–H groups in total. The Morgan fingerprint density at radius 2 is 1.90 bits per heavy atom. The van der Waals surface area contributed by atoms with Crippen molar-refractivity contribution in [3.8, 4) is 0 Å². The number of hydrogen-bond acceptors (Lipinski definition) is 4. The minimum absolute atomic E-state index is 0.00339. The highest BCUT2D eigenvalue weighted by atomic mass is 35.5. The maximum absolute atomic E-state index is 12.7. The molecule has 0 saturated carbocycles. The summed E-state index contributed by atoms with van der Waals surface area (Å²) in [5.41, 5.74) is 6.47. The molecule has 0 aliphatic rings. The molecule has 1 aromatic heterocycles. The smallest absolute Gasteiger partial charge is 0.266 e. The van der Waals surface area contributed by atoms with Gasteiger partial charge < -0.3 is 5.73 Å². The van der Waals surface area contributed by atoms with E-state index in [0.717, 1.165) is 0 Å². The van der Waals surface area contributed by atoms with Crippen molar-refractivity contribution < 1.29 is 8.42 Å². The van der Waals surface area contributed by atoms with Crippen LogP contribution >= 0.6 is 11.6 Å². The summed E-state index contributed by atoms with van der Waals surface area (Å²) < 4.78 is 26.7. The highest BCUT2D eigenvalue weighted by Gasteiger charge is 2.26. The molecule has 0 radical (unpaired) electrons. The van der Waals surface area contributed by atoms with Crippen molar-refractivity contribution in [2.24, 2.45) is 0 Å². The number of nitrogens with two attached hydrogens (primary N) is 1. The zero-order chi connectivity index (χ0) is 14.8. The molecular formula is C13H14ClN3O2S. The van der Waals surface area contributed by atoms with Crippen molar-refractivity contribution in [3.05, 3.63) is 47.7 Å². The van der Waals surface area contributed by atoms with Crippen LogP contribution < -0.4 is 10.0 Å². The number of sulfonamides is 1.